The Morgan fingerprint density at radius 2 is 2.11 bits per heavy atom. The van der Waals surface area contributed by atoms with Gasteiger partial charge < -0.3 is 14.1 Å². The molecule has 0 unspecified atom stereocenters. The van der Waals surface area contributed by atoms with E-state index >= 15 is 0 Å². The number of furan rings is 1. The first-order valence-corrected chi connectivity index (χ1v) is 6.28. The van der Waals surface area contributed by atoms with Crippen molar-refractivity contribution in [1.82, 2.24) is 9.97 Å². The van der Waals surface area contributed by atoms with Crippen molar-refractivity contribution < 1.29 is 9.15 Å². The molecule has 2 rings (SSSR count). The van der Waals surface area contributed by atoms with E-state index in [9.17, 15) is 0 Å². The van der Waals surface area contributed by atoms with Gasteiger partial charge in [0.15, 0.2) is 0 Å². The van der Waals surface area contributed by atoms with Crippen LogP contribution in [0, 0.1) is 13.8 Å². The molecule has 2 heterocycles. The van der Waals surface area contributed by atoms with Crippen molar-refractivity contribution >= 4 is 5.95 Å². The second-order valence-electron chi connectivity index (χ2n) is 4.42. The van der Waals surface area contributed by atoms with Crippen molar-refractivity contribution in [3.05, 3.63) is 41.6 Å². The molecular weight excluding hydrogens is 242 g/mol. The molecule has 0 spiro atoms. The molecular formula is C14H19N3O2. The largest absolute Gasteiger partial charge is 0.464 e. The molecule has 5 nitrogen and oxygen atoms in total. The summed E-state index contributed by atoms with van der Waals surface area (Å²) in [5.41, 5.74) is 0.947. The van der Waals surface area contributed by atoms with Crippen LogP contribution in [-0.2, 0) is 11.3 Å². The Kier molecular flexibility index (Phi) is 4.52. The van der Waals surface area contributed by atoms with Crippen LogP contribution in [0.25, 0.3) is 0 Å². The van der Waals surface area contributed by atoms with E-state index < -0.39 is 0 Å². The molecule has 102 valence electrons. The Labute approximate surface area is 113 Å². The van der Waals surface area contributed by atoms with Gasteiger partial charge in [0.25, 0.3) is 0 Å². The zero-order chi connectivity index (χ0) is 13.7. The maximum atomic E-state index is 5.61. The number of methoxy groups -OCH3 is 1. The number of anilines is 1. The highest BCUT2D eigenvalue weighted by atomic mass is 16.5. The number of hydrogen-bond donors (Lipinski definition) is 0. The first-order valence-electron chi connectivity index (χ1n) is 6.28. The third-order valence-corrected chi connectivity index (χ3v) is 2.77. The number of aryl methyl sites for hydroxylation is 2. The third-order valence-electron chi connectivity index (χ3n) is 2.77. The summed E-state index contributed by atoms with van der Waals surface area (Å²) in [4.78, 5) is 10.8. The van der Waals surface area contributed by atoms with Gasteiger partial charge in [-0.1, -0.05) is 0 Å². The van der Waals surface area contributed by atoms with Crippen LogP contribution < -0.4 is 4.90 Å². The first-order chi connectivity index (χ1) is 9.19. The van der Waals surface area contributed by atoms with Crippen molar-refractivity contribution in [2.75, 3.05) is 25.2 Å². The maximum Gasteiger partial charge on any atom is 0.225 e. The maximum absolute atomic E-state index is 5.61. The summed E-state index contributed by atoms with van der Waals surface area (Å²) in [6, 6.07) is 5.82. The van der Waals surface area contributed by atoms with Crippen LogP contribution >= 0.6 is 0 Å². The fourth-order valence-electron chi connectivity index (χ4n) is 1.80. The molecule has 0 N–H and O–H groups in total. The minimum Gasteiger partial charge on any atom is -0.464 e. The molecule has 0 aromatic carbocycles. The van der Waals surface area contributed by atoms with Gasteiger partial charge in [-0.15, -0.1) is 0 Å². The fourth-order valence-corrected chi connectivity index (χ4v) is 1.80. The molecule has 0 atom stereocenters. The van der Waals surface area contributed by atoms with E-state index in [-0.39, 0.29) is 0 Å². The van der Waals surface area contributed by atoms with Crippen LogP contribution in [0.1, 0.15) is 17.2 Å². The van der Waals surface area contributed by atoms with Gasteiger partial charge in [-0.2, -0.15) is 0 Å². The molecule has 0 fully saturated rings. The molecule has 0 bridgehead atoms. The lowest BCUT2D eigenvalue weighted by Crippen LogP contribution is -2.28. The second kappa shape index (κ2) is 6.33. The van der Waals surface area contributed by atoms with Crippen LogP contribution in [0.3, 0.4) is 0 Å². The van der Waals surface area contributed by atoms with Gasteiger partial charge in [-0.3, -0.25) is 0 Å². The molecule has 0 saturated carbocycles. The Bertz CT molecular complexity index is 525. The van der Waals surface area contributed by atoms with Crippen molar-refractivity contribution in [2.45, 2.75) is 20.4 Å². The fraction of sp³-hybridized carbons (Fsp3) is 0.429. The van der Waals surface area contributed by atoms with Gasteiger partial charge in [0.2, 0.25) is 5.95 Å². The Balaban J connectivity index is 2.15. The van der Waals surface area contributed by atoms with Crippen LogP contribution in [0.15, 0.2) is 28.8 Å². The zero-order valence-electron chi connectivity index (χ0n) is 11.6. The SMILES string of the molecule is COCCN(Cc1ccc(C)o1)c1nccc(C)n1. The molecule has 0 aliphatic rings. The van der Waals surface area contributed by atoms with Crippen molar-refractivity contribution in [3.8, 4) is 0 Å². The topological polar surface area (TPSA) is 51.4 Å². The molecule has 0 saturated heterocycles. The molecule has 5 heteroatoms. The molecule has 19 heavy (non-hydrogen) atoms. The summed E-state index contributed by atoms with van der Waals surface area (Å²) in [5.74, 6) is 2.51. The predicted molar refractivity (Wildman–Crippen MR) is 73.1 cm³/mol. The molecule has 2 aromatic heterocycles. The van der Waals surface area contributed by atoms with Gasteiger partial charge in [0.05, 0.1) is 13.2 Å². The summed E-state index contributed by atoms with van der Waals surface area (Å²) in [7, 11) is 1.69. The van der Waals surface area contributed by atoms with E-state index in [0.29, 0.717) is 19.1 Å². The molecule has 2 aromatic rings. The van der Waals surface area contributed by atoms with Gasteiger partial charge in [0.1, 0.15) is 11.5 Å². The van der Waals surface area contributed by atoms with Crippen molar-refractivity contribution in [1.29, 1.82) is 0 Å². The van der Waals surface area contributed by atoms with Gasteiger partial charge in [-0.25, -0.2) is 9.97 Å². The number of ether oxygens (including phenoxy) is 1. The van der Waals surface area contributed by atoms with Crippen molar-refractivity contribution in [2.24, 2.45) is 0 Å². The minimum absolute atomic E-state index is 0.622. The highest BCUT2D eigenvalue weighted by Gasteiger charge is 2.12. The predicted octanol–water partition coefficient (Wildman–Crippen LogP) is 2.34. The van der Waals surface area contributed by atoms with Crippen LogP contribution in [0.2, 0.25) is 0 Å². The monoisotopic (exact) mass is 261 g/mol. The Morgan fingerprint density at radius 1 is 1.26 bits per heavy atom. The normalized spacial score (nSPS) is 10.7. The quantitative estimate of drug-likeness (QED) is 0.799. The van der Waals surface area contributed by atoms with E-state index in [0.717, 1.165) is 23.8 Å². The first kappa shape index (κ1) is 13.5. The van der Waals surface area contributed by atoms with Crippen molar-refractivity contribution in [3.63, 3.8) is 0 Å². The summed E-state index contributed by atoms with van der Waals surface area (Å²) in [6.45, 7) is 5.88. The molecule has 0 aliphatic carbocycles. The minimum atomic E-state index is 0.622. The van der Waals surface area contributed by atoms with E-state index in [1.807, 2.05) is 32.0 Å². The average Bonchev–Trinajstić information content (AvgIpc) is 2.80. The number of rotatable bonds is 6. The second-order valence-corrected chi connectivity index (χ2v) is 4.42. The smallest absolute Gasteiger partial charge is 0.225 e. The highest BCUT2D eigenvalue weighted by Crippen LogP contribution is 2.14. The number of aromatic nitrogens is 2. The van der Waals surface area contributed by atoms with E-state index in [1.54, 1.807) is 13.3 Å². The zero-order valence-corrected chi connectivity index (χ0v) is 11.6. The number of nitrogens with zero attached hydrogens (tertiary/aromatic N) is 3. The highest BCUT2D eigenvalue weighted by molar-refractivity contribution is 5.31. The standard InChI is InChI=1S/C14H19N3O2/c1-11-6-7-15-14(16-11)17(8-9-18-3)10-13-5-4-12(2)19-13/h4-7H,8-10H2,1-3H3. The third kappa shape index (κ3) is 3.79. The van der Waals surface area contributed by atoms with E-state index in [1.165, 1.54) is 0 Å². The van der Waals surface area contributed by atoms with Gasteiger partial charge in [-0.05, 0) is 32.0 Å². The lowest BCUT2D eigenvalue weighted by atomic mass is 10.4. The summed E-state index contributed by atoms with van der Waals surface area (Å²) in [6.07, 6.45) is 1.77. The summed E-state index contributed by atoms with van der Waals surface area (Å²) in [5, 5.41) is 0. The molecule has 0 aliphatic heterocycles. The average molecular weight is 261 g/mol. The van der Waals surface area contributed by atoms with E-state index in [4.69, 9.17) is 9.15 Å². The molecule has 0 amide bonds. The van der Waals surface area contributed by atoms with Crippen LogP contribution in [0.4, 0.5) is 5.95 Å². The van der Waals surface area contributed by atoms with Gasteiger partial charge >= 0.3 is 0 Å². The number of hydrogen-bond acceptors (Lipinski definition) is 5. The summed E-state index contributed by atoms with van der Waals surface area (Å²) >= 11 is 0. The van der Waals surface area contributed by atoms with Crippen LogP contribution in [0.5, 0.6) is 0 Å². The lowest BCUT2D eigenvalue weighted by Gasteiger charge is -2.21. The summed E-state index contributed by atoms with van der Waals surface area (Å²) < 4.78 is 10.7. The Morgan fingerprint density at radius 3 is 2.74 bits per heavy atom. The van der Waals surface area contributed by atoms with E-state index in [2.05, 4.69) is 14.9 Å². The van der Waals surface area contributed by atoms with Gasteiger partial charge in [0, 0.05) is 25.5 Å². The molecule has 0 radical (unpaired) electrons. The lowest BCUT2D eigenvalue weighted by molar-refractivity contribution is 0.204. The Hall–Kier alpha value is -1.88. The van der Waals surface area contributed by atoms with Crippen LogP contribution in [-0.4, -0.2) is 30.2 Å².